The Morgan fingerprint density at radius 3 is 2.90 bits per heavy atom. The number of fused-ring (bicyclic) bond motifs is 1. The quantitative estimate of drug-likeness (QED) is 0.932. The number of rotatable bonds is 3. The van der Waals surface area contributed by atoms with E-state index in [1.807, 2.05) is 13.2 Å². The zero-order valence-electron chi connectivity index (χ0n) is 12.5. The molecular weight excluding hydrogens is 258 g/mol. The summed E-state index contributed by atoms with van der Waals surface area (Å²) in [5, 5.41) is 3.37. The summed E-state index contributed by atoms with van der Waals surface area (Å²) in [6.45, 7) is 0. The molecule has 1 saturated carbocycles. The van der Waals surface area contributed by atoms with Crippen molar-refractivity contribution in [2.75, 3.05) is 7.05 Å². The van der Waals surface area contributed by atoms with Crippen LogP contribution in [0.2, 0.25) is 0 Å². The Balaban J connectivity index is 1.71. The van der Waals surface area contributed by atoms with E-state index >= 15 is 0 Å². The van der Waals surface area contributed by atoms with Crippen LogP contribution in [0.1, 0.15) is 54.5 Å². The van der Waals surface area contributed by atoms with E-state index in [2.05, 4.69) is 34.6 Å². The van der Waals surface area contributed by atoms with Crippen molar-refractivity contribution in [2.45, 2.75) is 44.1 Å². The molecule has 0 radical (unpaired) electrons. The largest absolute Gasteiger partial charge is 0.313 e. The second-order valence-corrected chi connectivity index (χ2v) is 6.23. The van der Waals surface area contributed by atoms with E-state index in [1.165, 1.54) is 42.5 Å². The standard InChI is InChI=1S/C18H21N3/c1-19-16-6-3-7-17-15(16)11-20-18(21-17)14-5-2-4-13(10-14)12-8-9-12/h2,4-5,10-12,16,19H,3,6-9H2,1H3. The summed E-state index contributed by atoms with van der Waals surface area (Å²) < 4.78 is 0. The minimum Gasteiger partial charge on any atom is -0.313 e. The van der Waals surface area contributed by atoms with Gasteiger partial charge in [0.25, 0.3) is 0 Å². The highest BCUT2D eigenvalue weighted by molar-refractivity contribution is 5.57. The first kappa shape index (κ1) is 13.0. The van der Waals surface area contributed by atoms with Crippen molar-refractivity contribution in [3.05, 3.63) is 47.3 Å². The van der Waals surface area contributed by atoms with Crippen LogP contribution < -0.4 is 5.32 Å². The van der Waals surface area contributed by atoms with E-state index in [0.29, 0.717) is 6.04 Å². The van der Waals surface area contributed by atoms with Gasteiger partial charge < -0.3 is 5.32 Å². The SMILES string of the molecule is CNC1CCCc2nc(-c3cccc(C4CC4)c3)ncc21. The molecule has 3 heteroatoms. The maximum absolute atomic E-state index is 4.85. The Hall–Kier alpha value is -1.74. The summed E-state index contributed by atoms with van der Waals surface area (Å²) in [5.41, 5.74) is 5.11. The number of aromatic nitrogens is 2. The molecule has 1 heterocycles. The lowest BCUT2D eigenvalue weighted by Gasteiger charge is -2.24. The average Bonchev–Trinajstić information content (AvgIpc) is 3.39. The molecule has 1 unspecified atom stereocenters. The molecule has 2 aliphatic rings. The van der Waals surface area contributed by atoms with E-state index in [4.69, 9.17) is 4.98 Å². The molecule has 108 valence electrons. The van der Waals surface area contributed by atoms with Gasteiger partial charge in [-0.3, -0.25) is 0 Å². The molecule has 0 saturated heterocycles. The van der Waals surface area contributed by atoms with Crippen molar-refractivity contribution in [1.29, 1.82) is 0 Å². The van der Waals surface area contributed by atoms with Crippen molar-refractivity contribution in [3.63, 3.8) is 0 Å². The molecule has 21 heavy (non-hydrogen) atoms. The molecule has 0 spiro atoms. The highest BCUT2D eigenvalue weighted by Crippen LogP contribution is 2.41. The van der Waals surface area contributed by atoms with E-state index in [-0.39, 0.29) is 0 Å². The summed E-state index contributed by atoms with van der Waals surface area (Å²) >= 11 is 0. The number of benzene rings is 1. The first-order valence-electron chi connectivity index (χ1n) is 7.98. The molecule has 0 amide bonds. The molecule has 1 fully saturated rings. The number of hydrogen-bond donors (Lipinski definition) is 1. The summed E-state index contributed by atoms with van der Waals surface area (Å²) in [6.07, 6.45) is 8.16. The molecule has 0 bridgehead atoms. The molecule has 3 nitrogen and oxygen atoms in total. The third-order valence-electron chi connectivity index (χ3n) is 4.72. The molecule has 4 rings (SSSR count). The number of nitrogens with one attached hydrogen (secondary N) is 1. The fraction of sp³-hybridized carbons (Fsp3) is 0.444. The summed E-state index contributed by atoms with van der Waals surface area (Å²) in [5.74, 6) is 1.66. The van der Waals surface area contributed by atoms with E-state index in [0.717, 1.165) is 23.7 Å². The van der Waals surface area contributed by atoms with Gasteiger partial charge in [-0.15, -0.1) is 0 Å². The van der Waals surface area contributed by atoms with Crippen LogP contribution >= 0.6 is 0 Å². The van der Waals surface area contributed by atoms with Crippen molar-refractivity contribution in [2.24, 2.45) is 0 Å². The summed E-state index contributed by atoms with van der Waals surface area (Å²) in [6, 6.07) is 9.20. The van der Waals surface area contributed by atoms with Crippen LogP contribution in [0.15, 0.2) is 30.5 Å². The molecule has 2 aliphatic carbocycles. The minimum absolute atomic E-state index is 0.417. The highest BCUT2D eigenvalue weighted by Gasteiger charge is 2.24. The first-order chi connectivity index (χ1) is 10.3. The monoisotopic (exact) mass is 279 g/mol. The number of aryl methyl sites for hydroxylation is 1. The van der Waals surface area contributed by atoms with Gasteiger partial charge in [0.15, 0.2) is 5.82 Å². The van der Waals surface area contributed by atoms with Gasteiger partial charge in [0.1, 0.15) is 0 Å². The van der Waals surface area contributed by atoms with Gasteiger partial charge in [0, 0.05) is 29.1 Å². The van der Waals surface area contributed by atoms with Crippen LogP contribution in [0.4, 0.5) is 0 Å². The third kappa shape index (κ3) is 2.46. The molecule has 1 aromatic carbocycles. The molecule has 1 atom stereocenters. The van der Waals surface area contributed by atoms with E-state index in [9.17, 15) is 0 Å². The topological polar surface area (TPSA) is 37.8 Å². The van der Waals surface area contributed by atoms with Crippen LogP contribution in [0.3, 0.4) is 0 Å². The molecular formula is C18H21N3. The van der Waals surface area contributed by atoms with E-state index < -0.39 is 0 Å². The molecule has 1 N–H and O–H groups in total. The van der Waals surface area contributed by atoms with Gasteiger partial charge in [-0.2, -0.15) is 0 Å². The Kier molecular flexibility index (Phi) is 3.23. The lowest BCUT2D eigenvalue weighted by atomic mass is 9.92. The Morgan fingerprint density at radius 2 is 2.10 bits per heavy atom. The van der Waals surface area contributed by atoms with Crippen LogP contribution in [0, 0.1) is 0 Å². The Morgan fingerprint density at radius 1 is 1.19 bits per heavy atom. The smallest absolute Gasteiger partial charge is 0.159 e. The van der Waals surface area contributed by atoms with Crippen molar-refractivity contribution in [3.8, 4) is 11.4 Å². The Labute approximate surface area is 125 Å². The van der Waals surface area contributed by atoms with Crippen molar-refractivity contribution in [1.82, 2.24) is 15.3 Å². The lowest BCUT2D eigenvalue weighted by molar-refractivity contribution is 0.488. The van der Waals surface area contributed by atoms with Crippen LogP contribution in [-0.2, 0) is 6.42 Å². The molecule has 0 aliphatic heterocycles. The van der Waals surface area contributed by atoms with Crippen LogP contribution in [0.5, 0.6) is 0 Å². The average molecular weight is 279 g/mol. The number of nitrogens with zero attached hydrogens (tertiary/aromatic N) is 2. The maximum atomic E-state index is 4.85. The predicted molar refractivity (Wildman–Crippen MR) is 84.2 cm³/mol. The Bertz CT molecular complexity index is 661. The van der Waals surface area contributed by atoms with Crippen LogP contribution in [0.25, 0.3) is 11.4 Å². The van der Waals surface area contributed by atoms with Gasteiger partial charge in [-0.1, -0.05) is 18.2 Å². The summed E-state index contributed by atoms with van der Waals surface area (Å²) in [4.78, 5) is 9.48. The van der Waals surface area contributed by atoms with Gasteiger partial charge >= 0.3 is 0 Å². The fourth-order valence-electron chi connectivity index (χ4n) is 3.33. The van der Waals surface area contributed by atoms with E-state index in [1.54, 1.807) is 0 Å². The van der Waals surface area contributed by atoms with Gasteiger partial charge in [-0.25, -0.2) is 9.97 Å². The van der Waals surface area contributed by atoms with Gasteiger partial charge in [0.2, 0.25) is 0 Å². The van der Waals surface area contributed by atoms with Crippen molar-refractivity contribution >= 4 is 0 Å². The first-order valence-corrected chi connectivity index (χ1v) is 7.98. The second-order valence-electron chi connectivity index (χ2n) is 6.23. The molecule has 2 aromatic rings. The number of hydrogen-bond acceptors (Lipinski definition) is 3. The maximum Gasteiger partial charge on any atom is 0.159 e. The second kappa shape index (κ2) is 5.23. The fourth-order valence-corrected chi connectivity index (χ4v) is 3.33. The third-order valence-corrected chi connectivity index (χ3v) is 4.72. The lowest BCUT2D eigenvalue weighted by Crippen LogP contribution is -2.22. The minimum atomic E-state index is 0.417. The van der Waals surface area contributed by atoms with Crippen molar-refractivity contribution < 1.29 is 0 Å². The highest BCUT2D eigenvalue weighted by atomic mass is 14.9. The zero-order chi connectivity index (χ0) is 14.2. The van der Waals surface area contributed by atoms with Gasteiger partial charge in [-0.05, 0) is 56.7 Å². The van der Waals surface area contributed by atoms with Crippen LogP contribution in [-0.4, -0.2) is 17.0 Å². The predicted octanol–water partition coefficient (Wildman–Crippen LogP) is 3.62. The normalized spacial score (nSPS) is 21.1. The zero-order valence-corrected chi connectivity index (χ0v) is 12.5. The molecule has 1 aromatic heterocycles. The summed E-state index contributed by atoms with van der Waals surface area (Å²) in [7, 11) is 2.02. The van der Waals surface area contributed by atoms with Gasteiger partial charge in [0.05, 0.1) is 0 Å².